The first-order chi connectivity index (χ1) is 11.1. The summed E-state index contributed by atoms with van der Waals surface area (Å²) in [5, 5.41) is 11.0. The summed E-state index contributed by atoms with van der Waals surface area (Å²) in [4.78, 5) is 6.53. The van der Waals surface area contributed by atoms with Crippen molar-refractivity contribution in [2.24, 2.45) is 4.99 Å². The summed E-state index contributed by atoms with van der Waals surface area (Å²) in [6.45, 7) is 3.71. The standard InChI is InChI=1S/C18H26N4S/c1-14-5-7-16(8-6-14)17(22(3)4)12-21-18(19-2)20-11-15-9-10-23-13-15/h5-10,13,17H,11-12H2,1-4H3,(H2,19,20,21). The van der Waals surface area contributed by atoms with Crippen LogP contribution in [0, 0.1) is 6.92 Å². The van der Waals surface area contributed by atoms with Crippen LogP contribution in [-0.2, 0) is 6.54 Å². The highest BCUT2D eigenvalue weighted by atomic mass is 32.1. The van der Waals surface area contributed by atoms with E-state index in [1.54, 1.807) is 18.4 Å². The molecule has 2 rings (SSSR count). The Kier molecular flexibility index (Phi) is 6.62. The molecule has 0 aliphatic rings. The summed E-state index contributed by atoms with van der Waals surface area (Å²) in [6.07, 6.45) is 0. The lowest BCUT2D eigenvalue weighted by Gasteiger charge is -2.26. The third kappa shape index (κ3) is 5.37. The van der Waals surface area contributed by atoms with Gasteiger partial charge in [0.2, 0.25) is 0 Å². The molecule has 0 bridgehead atoms. The van der Waals surface area contributed by atoms with Crippen LogP contribution in [0.4, 0.5) is 0 Å². The maximum absolute atomic E-state index is 4.31. The van der Waals surface area contributed by atoms with Crippen LogP contribution >= 0.6 is 11.3 Å². The first-order valence-electron chi connectivity index (χ1n) is 7.78. The Balaban J connectivity index is 1.92. The average molecular weight is 331 g/mol. The topological polar surface area (TPSA) is 39.7 Å². The predicted octanol–water partition coefficient (Wildman–Crippen LogP) is 3.02. The van der Waals surface area contributed by atoms with Crippen molar-refractivity contribution in [3.05, 3.63) is 57.8 Å². The lowest BCUT2D eigenvalue weighted by atomic mass is 10.0. The average Bonchev–Trinajstić information content (AvgIpc) is 3.05. The molecule has 2 aromatic rings. The van der Waals surface area contributed by atoms with E-state index < -0.39 is 0 Å². The van der Waals surface area contributed by atoms with Gasteiger partial charge in [-0.3, -0.25) is 4.99 Å². The molecule has 1 unspecified atom stereocenters. The molecule has 2 N–H and O–H groups in total. The lowest BCUT2D eigenvalue weighted by Crippen LogP contribution is -2.41. The van der Waals surface area contributed by atoms with E-state index >= 15 is 0 Å². The molecular weight excluding hydrogens is 304 g/mol. The van der Waals surface area contributed by atoms with Gasteiger partial charge in [0.1, 0.15) is 0 Å². The Morgan fingerprint density at radius 3 is 2.48 bits per heavy atom. The lowest BCUT2D eigenvalue weighted by molar-refractivity contribution is 0.298. The number of benzene rings is 1. The Morgan fingerprint density at radius 2 is 1.91 bits per heavy atom. The van der Waals surface area contributed by atoms with E-state index in [1.807, 2.05) is 0 Å². The molecule has 5 heteroatoms. The van der Waals surface area contributed by atoms with Crippen molar-refractivity contribution in [3.63, 3.8) is 0 Å². The summed E-state index contributed by atoms with van der Waals surface area (Å²) < 4.78 is 0. The fourth-order valence-electron chi connectivity index (χ4n) is 2.38. The monoisotopic (exact) mass is 330 g/mol. The Hall–Kier alpha value is -1.85. The van der Waals surface area contributed by atoms with Crippen molar-refractivity contribution in [2.45, 2.75) is 19.5 Å². The summed E-state index contributed by atoms with van der Waals surface area (Å²) >= 11 is 1.71. The first-order valence-corrected chi connectivity index (χ1v) is 8.73. The molecule has 124 valence electrons. The minimum Gasteiger partial charge on any atom is -0.354 e. The van der Waals surface area contributed by atoms with Crippen molar-refractivity contribution in [2.75, 3.05) is 27.7 Å². The number of hydrogen-bond acceptors (Lipinski definition) is 3. The minimum atomic E-state index is 0.301. The van der Waals surface area contributed by atoms with Crippen LogP contribution in [0.15, 0.2) is 46.1 Å². The Labute approximate surface area is 143 Å². The van der Waals surface area contributed by atoms with Gasteiger partial charge in [-0.2, -0.15) is 11.3 Å². The molecule has 0 spiro atoms. The van der Waals surface area contributed by atoms with Gasteiger partial charge in [0.15, 0.2) is 5.96 Å². The fourth-order valence-corrected chi connectivity index (χ4v) is 3.05. The van der Waals surface area contributed by atoms with Gasteiger partial charge in [-0.1, -0.05) is 29.8 Å². The third-order valence-electron chi connectivity index (χ3n) is 3.81. The van der Waals surface area contributed by atoms with Crippen molar-refractivity contribution in [1.29, 1.82) is 0 Å². The summed E-state index contributed by atoms with van der Waals surface area (Å²) in [6, 6.07) is 11.1. The first kappa shape index (κ1) is 17.5. The molecule has 1 atom stereocenters. The predicted molar refractivity (Wildman–Crippen MR) is 100 cm³/mol. The molecule has 0 fully saturated rings. The zero-order valence-corrected chi connectivity index (χ0v) is 15.2. The van der Waals surface area contributed by atoms with Crippen LogP contribution in [0.1, 0.15) is 22.7 Å². The third-order valence-corrected chi connectivity index (χ3v) is 4.54. The number of nitrogens with zero attached hydrogens (tertiary/aromatic N) is 2. The number of likely N-dealkylation sites (N-methyl/N-ethyl adjacent to an activating group) is 1. The van der Waals surface area contributed by atoms with E-state index in [0.29, 0.717) is 6.04 Å². The van der Waals surface area contributed by atoms with Gasteiger partial charge in [-0.15, -0.1) is 0 Å². The van der Waals surface area contributed by atoms with Crippen molar-refractivity contribution in [3.8, 4) is 0 Å². The molecule has 4 nitrogen and oxygen atoms in total. The second-order valence-corrected chi connectivity index (χ2v) is 6.61. The Morgan fingerprint density at radius 1 is 1.17 bits per heavy atom. The molecule has 0 aliphatic heterocycles. The number of aliphatic imine (C=N–C) groups is 1. The number of hydrogen-bond donors (Lipinski definition) is 2. The quantitative estimate of drug-likeness (QED) is 0.632. The van der Waals surface area contributed by atoms with Gasteiger partial charge in [0, 0.05) is 20.1 Å². The van der Waals surface area contributed by atoms with Gasteiger partial charge in [-0.05, 0) is 49.0 Å². The molecule has 1 heterocycles. The van der Waals surface area contributed by atoms with Crippen LogP contribution in [-0.4, -0.2) is 38.5 Å². The molecule has 1 aromatic heterocycles. The SMILES string of the molecule is CN=C(NCc1ccsc1)NCC(c1ccc(C)cc1)N(C)C. The molecule has 1 aromatic carbocycles. The highest BCUT2D eigenvalue weighted by Gasteiger charge is 2.14. The summed E-state index contributed by atoms with van der Waals surface area (Å²) in [5.41, 5.74) is 3.87. The number of nitrogens with one attached hydrogen (secondary N) is 2. The van der Waals surface area contributed by atoms with E-state index in [2.05, 4.69) is 82.6 Å². The molecule has 0 amide bonds. The van der Waals surface area contributed by atoms with Gasteiger partial charge in [0.05, 0.1) is 6.04 Å². The van der Waals surface area contributed by atoms with E-state index in [0.717, 1.165) is 19.0 Å². The van der Waals surface area contributed by atoms with Crippen molar-refractivity contribution >= 4 is 17.3 Å². The second kappa shape index (κ2) is 8.70. The van der Waals surface area contributed by atoms with Gasteiger partial charge in [-0.25, -0.2) is 0 Å². The number of guanidine groups is 1. The number of rotatable bonds is 6. The van der Waals surface area contributed by atoms with E-state index in [9.17, 15) is 0 Å². The van der Waals surface area contributed by atoms with E-state index in [1.165, 1.54) is 16.7 Å². The molecular formula is C18H26N4S. The van der Waals surface area contributed by atoms with Gasteiger partial charge >= 0.3 is 0 Å². The smallest absolute Gasteiger partial charge is 0.191 e. The van der Waals surface area contributed by atoms with Crippen LogP contribution in [0.3, 0.4) is 0 Å². The summed E-state index contributed by atoms with van der Waals surface area (Å²) in [7, 11) is 6.01. The largest absolute Gasteiger partial charge is 0.354 e. The molecule has 0 saturated heterocycles. The normalized spacial score (nSPS) is 13.2. The van der Waals surface area contributed by atoms with E-state index in [4.69, 9.17) is 0 Å². The highest BCUT2D eigenvalue weighted by molar-refractivity contribution is 7.07. The fraction of sp³-hybridized carbons (Fsp3) is 0.389. The maximum Gasteiger partial charge on any atom is 0.191 e. The van der Waals surface area contributed by atoms with Gasteiger partial charge in [0.25, 0.3) is 0 Å². The van der Waals surface area contributed by atoms with Crippen LogP contribution in [0.5, 0.6) is 0 Å². The number of aryl methyl sites for hydroxylation is 1. The molecule has 0 saturated carbocycles. The summed E-state index contributed by atoms with van der Waals surface area (Å²) in [5.74, 6) is 0.829. The highest BCUT2D eigenvalue weighted by Crippen LogP contribution is 2.17. The minimum absolute atomic E-state index is 0.301. The maximum atomic E-state index is 4.31. The van der Waals surface area contributed by atoms with Crippen LogP contribution in [0.2, 0.25) is 0 Å². The van der Waals surface area contributed by atoms with E-state index in [-0.39, 0.29) is 0 Å². The zero-order chi connectivity index (χ0) is 16.7. The van der Waals surface area contributed by atoms with Crippen LogP contribution < -0.4 is 10.6 Å². The molecule has 23 heavy (non-hydrogen) atoms. The molecule has 0 aliphatic carbocycles. The van der Waals surface area contributed by atoms with Gasteiger partial charge < -0.3 is 15.5 Å². The van der Waals surface area contributed by atoms with Crippen molar-refractivity contribution < 1.29 is 0 Å². The zero-order valence-electron chi connectivity index (χ0n) is 14.3. The van der Waals surface area contributed by atoms with Crippen molar-refractivity contribution in [1.82, 2.24) is 15.5 Å². The number of thiophene rings is 1. The second-order valence-electron chi connectivity index (χ2n) is 5.83. The van der Waals surface area contributed by atoms with Crippen LogP contribution in [0.25, 0.3) is 0 Å². The molecule has 0 radical (unpaired) electrons. The Bertz CT molecular complexity index is 602.